The molecule has 33 heavy (non-hydrogen) atoms. The van der Waals surface area contributed by atoms with Crippen molar-refractivity contribution >= 4 is 34.8 Å². The second-order valence-corrected chi connectivity index (χ2v) is 8.31. The van der Waals surface area contributed by atoms with Gasteiger partial charge in [-0.2, -0.15) is 0 Å². The Morgan fingerprint density at radius 2 is 1.58 bits per heavy atom. The molecular weight excluding hydrogens is 418 g/mol. The Hall–Kier alpha value is -3.97. The number of nitrogens with zero attached hydrogens (tertiary/aromatic N) is 2. The minimum Gasteiger partial charge on any atom is -0.326 e. The third-order valence-electron chi connectivity index (χ3n) is 5.96. The molecule has 5 rings (SSSR count). The summed E-state index contributed by atoms with van der Waals surface area (Å²) in [5.74, 6) is -1.52. The van der Waals surface area contributed by atoms with Crippen LogP contribution in [-0.2, 0) is 19.2 Å². The minimum absolute atomic E-state index is 0.164. The molecule has 0 unspecified atom stereocenters. The number of carbonyl (C=O) groups is 3. The highest BCUT2D eigenvalue weighted by Crippen LogP contribution is 2.47. The lowest BCUT2D eigenvalue weighted by Crippen LogP contribution is -2.37. The van der Waals surface area contributed by atoms with Gasteiger partial charge in [-0.1, -0.05) is 42.5 Å². The zero-order chi connectivity index (χ0) is 23.1. The predicted octanol–water partition coefficient (Wildman–Crippen LogP) is 4.00. The van der Waals surface area contributed by atoms with Gasteiger partial charge >= 0.3 is 0 Å². The standard InChI is InChI=1S/C26H23N3O4/c1-16-7-6-10-21(15-16)28-25(31)22-23(18-11-13-19(14-12-18)27-17(2)30)29(33-24(22)26(28)32)20-8-4-3-5-9-20/h3-15,22-24H,1-2H3,(H,27,30)/t22-,23+,24-/m0/s1. The van der Waals surface area contributed by atoms with E-state index in [9.17, 15) is 14.4 Å². The highest BCUT2D eigenvalue weighted by molar-refractivity contribution is 6.24. The van der Waals surface area contributed by atoms with Crippen molar-refractivity contribution in [3.63, 3.8) is 0 Å². The fraction of sp³-hybridized carbons (Fsp3) is 0.192. The lowest BCUT2D eigenvalue weighted by atomic mass is 9.90. The number of rotatable bonds is 4. The number of hydrogen-bond acceptors (Lipinski definition) is 5. The van der Waals surface area contributed by atoms with Crippen LogP contribution in [-0.4, -0.2) is 23.8 Å². The third kappa shape index (κ3) is 3.66. The van der Waals surface area contributed by atoms with E-state index in [1.165, 1.54) is 11.8 Å². The summed E-state index contributed by atoms with van der Waals surface area (Å²) >= 11 is 0. The largest absolute Gasteiger partial charge is 0.326 e. The quantitative estimate of drug-likeness (QED) is 0.619. The summed E-state index contributed by atoms with van der Waals surface area (Å²) in [6.07, 6.45) is -0.918. The van der Waals surface area contributed by atoms with Crippen molar-refractivity contribution in [2.24, 2.45) is 5.92 Å². The van der Waals surface area contributed by atoms with Gasteiger partial charge in [0.25, 0.3) is 5.91 Å². The Balaban J connectivity index is 1.55. The highest BCUT2D eigenvalue weighted by Gasteiger charge is 2.60. The number of hydrogen-bond donors (Lipinski definition) is 1. The average molecular weight is 441 g/mol. The molecule has 7 nitrogen and oxygen atoms in total. The number of amides is 3. The van der Waals surface area contributed by atoms with Gasteiger partial charge in [-0.3, -0.25) is 19.2 Å². The molecule has 3 aromatic rings. The first-order chi connectivity index (χ1) is 15.9. The molecule has 2 heterocycles. The zero-order valence-electron chi connectivity index (χ0n) is 18.3. The molecule has 0 aromatic heterocycles. The van der Waals surface area contributed by atoms with Gasteiger partial charge in [-0.25, -0.2) is 9.96 Å². The van der Waals surface area contributed by atoms with E-state index in [4.69, 9.17) is 4.84 Å². The lowest BCUT2D eigenvalue weighted by molar-refractivity contribution is -0.126. The number of nitrogens with one attached hydrogen (secondary N) is 1. The monoisotopic (exact) mass is 441 g/mol. The van der Waals surface area contributed by atoms with Crippen LogP contribution in [0.4, 0.5) is 17.1 Å². The predicted molar refractivity (Wildman–Crippen MR) is 124 cm³/mol. The van der Waals surface area contributed by atoms with Crippen LogP contribution in [0.15, 0.2) is 78.9 Å². The molecular formula is C26H23N3O4. The number of carbonyl (C=O) groups excluding carboxylic acids is 3. The van der Waals surface area contributed by atoms with Gasteiger partial charge in [-0.05, 0) is 54.4 Å². The lowest BCUT2D eigenvalue weighted by Gasteiger charge is -2.29. The normalized spacial score (nSPS) is 21.9. The van der Waals surface area contributed by atoms with Crippen molar-refractivity contribution in [2.75, 3.05) is 15.3 Å². The molecule has 1 N–H and O–H groups in total. The molecule has 2 saturated heterocycles. The molecule has 0 aliphatic carbocycles. The van der Waals surface area contributed by atoms with Crippen molar-refractivity contribution in [2.45, 2.75) is 26.0 Å². The molecule has 3 aromatic carbocycles. The van der Waals surface area contributed by atoms with Crippen LogP contribution >= 0.6 is 0 Å². The second kappa shape index (κ2) is 8.18. The zero-order valence-corrected chi connectivity index (χ0v) is 18.3. The first-order valence-electron chi connectivity index (χ1n) is 10.8. The van der Waals surface area contributed by atoms with E-state index in [1.54, 1.807) is 23.3 Å². The number of fused-ring (bicyclic) bond motifs is 1. The van der Waals surface area contributed by atoms with E-state index in [2.05, 4.69) is 5.32 Å². The number of para-hydroxylation sites is 1. The van der Waals surface area contributed by atoms with Crippen molar-refractivity contribution in [1.29, 1.82) is 0 Å². The van der Waals surface area contributed by atoms with Crippen LogP contribution in [0.2, 0.25) is 0 Å². The Labute approximate surface area is 191 Å². The number of imide groups is 1. The van der Waals surface area contributed by atoms with Gasteiger partial charge in [0.1, 0.15) is 5.92 Å². The first-order valence-corrected chi connectivity index (χ1v) is 10.8. The Morgan fingerprint density at radius 3 is 2.24 bits per heavy atom. The van der Waals surface area contributed by atoms with E-state index < -0.39 is 18.1 Å². The van der Waals surface area contributed by atoms with Crippen LogP contribution in [0.3, 0.4) is 0 Å². The van der Waals surface area contributed by atoms with E-state index in [1.807, 2.05) is 67.6 Å². The van der Waals surface area contributed by atoms with Crippen LogP contribution in [0.25, 0.3) is 0 Å². The smallest absolute Gasteiger partial charge is 0.266 e. The maximum atomic E-state index is 13.6. The van der Waals surface area contributed by atoms with Crippen LogP contribution < -0.4 is 15.3 Å². The SMILES string of the molecule is CC(=O)Nc1ccc([C@@H]2[C@@H]3C(=O)N(c4cccc(C)c4)C(=O)[C@H]3ON2c2ccccc2)cc1. The number of hydroxylamine groups is 1. The van der Waals surface area contributed by atoms with Crippen molar-refractivity contribution in [3.8, 4) is 0 Å². The fourth-order valence-corrected chi connectivity index (χ4v) is 4.54. The van der Waals surface area contributed by atoms with Gasteiger partial charge in [-0.15, -0.1) is 0 Å². The van der Waals surface area contributed by atoms with Crippen LogP contribution in [0.5, 0.6) is 0 Å². The first kappa shape index (κ1) is 20.9. The van der Waals surface area contributed by atoms with E-state index in [-0.39, 0.29) is 17.7 Å². The van der Waals surface area contributed by atoms with Crippen LogP contribution in [0, 0.1) is 12.8 Å². The number of aryl methyl sites for hydroxylation is 1. The summed E-state index contributed by atoms with van der Waals surface area (Å²) in [7, 11) is 0. The molecule has 3 atom stereocenters. The molecule has 0 spiro atoms. The molecule has 2 aliphatic rings. The summed E-state index contributed by atoms with van der Waals surface area (Å²) in [5, 5.41) is 4.41. The summed E-state index contributed by atoms with van der Waals surface area (Å²) in [4.78, 5) is 45.7. The van der Waals surface area contributed by atoms with Gasteiger partial charge in [0.15, 0.2) is 6.10 Å². The molecule has 7 heteroatoms. The molecule has 0 radical (unpaired) electrons. The molecule has 2 aliphatic heterocycles. The second-order valence-electron chi connectivity index (χ2n) is 8.31. The van der Waals surface area contributed by atoms with Gasteiger partial charge in [0.2, 0.25) is 11.8 Å². The summed E-state index contributed by atoms with van der Waals surface area (Å²) in [6.45, 7) is 3.37. The molecule has 3 amide bonds. The van der Waals surface area contributed by atoms with Gasteiger partial charge in [0, 0.05) is 12.6 Å². The minimum atomic E-state index is -0.918. The Kier molecular flexibility index (Phi) is 5.18. The molecule has 0 bridgehead atoms. The van der Waals surface area contributed by atoms with Crippen molar-refractivity contribution < 1.29 is 19.2 Å². The van der Waals surface area contributed by atoms with Crippen LogP contribution in [0.1, 0.15) is 24.1 Å². The molecule has 0 saturated carbocycles. The summed E-state index contributed by atoms with van der Waals surface area (Å²) in [5.41, 5.74) is 3.73. The fourth-order valence-electron chi connectivity index (χ4n) is 4.54. The highest BCUT2D eigenvalue weighted by atomic mass is 16.7. The van der Waals surface area contributed by atoms with Gasteiger partial charge in [0.05, 0.1) is 17.4 Å². The average Bonchev–Trinajstić information content (AvgIpc) is 3.31. The maximum absolute atomic E-state index is 13.6. The van der Waals surface area contributed by atoms with E-state index in [0.29, 0.717) is 11.4 Å². The Morgan fingerprint density at radius 1 is 0.879 bits per heavy atom. The topological polar surface area (TPSA) is 79.0 Å². The van der Waals surface area contributed by atoms with Crippen molar-refractivity contribution in [1.82, 2.24) is 0 Å². The molecule has 2 fully saturated rings. The number of anilines is 3. The molecule has 166 valence electrons. The third-order valence-corrected chi connectivity index (χ3v) is 5.96. The summed E-state index contributed by atoms with van der Waals surface area (Å²) < 4.78 is 0. The Bertz CT molecular complexity index is 1230. The van der Waals surface area contributed by atoms with E-state index >= 15 is 0 Å². The van der Waals surface area contributed by atoms with E-state index in [0.717, 1.165) is 16.8 Å². The van der Waals surface area contributed by atoms with Gasteiger partial charge < -0.3 is 5.32 Å². The summed E-state index contributed by atoms with van der Waals surface area (Å²) in [6, 6.07) is 23.5. The maximum Gasteiger partial charge on any atom is 0.266 e. The van der Waals surface area contributed by atoms with Crippen molar-refractivity contribution in [3.05, 3.63) is 90.0 Å². The number of benzene rings is 3.